The summed E-state index contributed by atoms with van der Waals surface area (Å²) in [7, 11) is 1.67. The summed E-state index contributed by atoms with van der Waals surface area (Å²) >= 11 is 1.66. The monoisotopic (exact) mass is 274 g/mol. The summed E-state index contributed by atoms with van der Waals surface area (Å²) in [6.45, 7) is 4.09. The van der Waals surface area contributed by atoms with Crippen molar-refractivity contribution < 1.29 is 4.79 Å². The Balaban J connectivity index is 2.15. The molecule has 2 aromatic rings. The molecule has 0 bridgehead atoms. The second kappa shape index (κ2) is 5.97. The van der Waals surface area contributed by atoms with Crippen molar-refractivity contribution in [2.24, 2.45) is 0 Å². The third-order valence-corrected chi connectivity index (χ3v) is 4.24. The maximum absolute atomic E-state index is 11.4. The van der Waals surface area contributed by atoms with Gasteiger partial charge in [0.2, 0.25) is 5.91 Å². The number of nitrogens with zero attached hydrogens (tertiary/aromatic N) is 1. The predicted octanol–water partition coefficient (Wildman–Crippen LogP) is 3.36. The van der Waals surface area contributed by atoms with Gasteiger partial charge in [0.1, 0.15) is 0 Å². The van der Waals surface area contributed by atoms with Crippen LogP contribution >= 0.6 is 11.3 Å². The first-order valence-electron chi connectivity index (χ1n) is 6.32. The van der Waals surface area contributed by atoms with Gasteiger partial charge in [-0.3, -0.25) is 4.79 Å². The Morgan fingerprint density at radius 3 is 2.58 bits per heavy atom. The molecular weight excluding hydrogens is 256 g/mol. The summed E-state index contributed by atoms with van der Waals surface area (Å²) < 4.78 is 0. The third kappa shape index (κ3) is 3.20. The SMILES string of the molecule is CNC(=O)C[C@H](C)c1ccc(-c2scnc2C)cc1. The molecule has 0 aliphatic carbocycles. The summed E-state index contributed by atoms with van der Waals surface area (Å²) in [5.41, 5.74) is 5.31. The number of benzene rings is 1. The highest BCUT2D eigenvalue weighted by Gasteiger charge is 2.11. The Bertz CT molecular complexity index is 560. The maximum atomic E-state index is 11.4. The molecule has 1 amide bonds. The highest BCUT2D eigenvalue weighted by molar-refractivity contribution is 7.13. The Labute approximate surface area is 117 Å². The van der Waals surface area contributed by atoms with Gasteiger partial charge in [-0.05, 0) is 24.0 Å². The molecule has 19 heavy (non-hydrogen) atoms. The molecule has 1 N–H and O–H groups in total. The number of rotatable bonds is 4. The third-order valence-electron chi connectivity index (χ3n) is 3.26. The van der Waals surface area contributed by atoms with Crippen molar-refractivity contribution in [2.75, 3.05) is 7.05 Å². The van der Waals surface area contributed by atoms with E-state index in [-0.39, 0.29) is 11.8 Å². The number of carbonyl (C=O) groups excluding carboxylic acids is 1. The van der Waals surface area contributed by atoms with Gasteiger partial charge < -0.3 is 5.32 Å². The highest BCUT2D eigenvalue weighted by Crippen LogP contribution is 2.29. The molecular formula is C15H18N2OS. The normalized spacial score (nSPS) is 12.2. The molecule has 2 rings (SSSR count). The smallest absolute Gasteiger partial charge is 0.220 e. The van der Waals surface area contributed by atoms with Gasteiger partial charge >= 0.3 is 0 Å². The number of hydrogen-bond donors (Lipinski definition) is 1. The number of carbonyl (C=O) groups is 1. The standard InChI is InChI=1S/C15H18N2OS/c1-10(8-14(18)16-3)12-4-6-13(7-5-12)15-11(2)17-9-19-15/h4-7,9-10H,8H2,1-3H3,(H,16,18)/t10-/m0/s1. The van der Waals surface area contributed by atoms with Crippen LogP contribution in [0.3, 0.4) is 0 Å². The molecule has 0 aliphatic rings. The second-order valence-corrected chi connectivity index (χ2v) is 5.52. The maximum Gasteiger partial charge on any atom is 0.220 e. The summed E-state index contributed by atoms with van der Waals surface area (Å²) in [5, 5.41) is 2.66. The zero-order valence-electron chi connectivity index (χ0n) is 11.4. The van der Waals surface area contributed by atoms with Crippen LogP contribution < -0.4 is 5.32 Å². The lowest BCUT2D eigenvalue weighted by Crippen LogP contribution is -2.19. The molecule has 1 aromatic heterocycles. The van der Waals surface area contributed by atoms with Crippen molar-refractivity contribution in [2.45, 2.75) is 26.2 Å². The van der Waals surface area contributed by atoms with E-state index in [2.05, 4.69) is 41.5 Å². The van der Waals surface area contributed by atoms with Crippen LogP contribution in [-0.2, 0) is 4.79 Å². The first-order valence-corrected chi connectivity index (χ1v) is 7.20. The van der Waals surface area contributed by atoms with Crippen molar-refractivity contribution in [1.82, 2.24) is 10.3 Å². The van der Waals surface area contributed by atoms with Gasteiger partial charge in [-0.25, -0.2) is 4.98 Å². The van der Waals surface area contributed by atoms with Crippen molar-refractivity contribution in [1.29, 1.82) is 0 Å². The minimum absolute atomic E-state index is 0.0786. The molecule has 1 atom stereocenters. The molecule has 0 saturated carbocycles. The van der Waals surface area contributed by atoms with Crippen LogP contribution in [0.25, 0.3) is 10.4 Å². The van der Waals surface area contributed by atoms with Gasteiger partial charge in [0.05, 0.1) is 16.1 Å². The van der Waals surface area contributed by atoms with Crippen molar-refractivity contribution >= 4 is 17.2 Å². The molecule has 1 aromatic carbocycles. The zero-order valence-corrected chi connectivity index (χ0v) is 12.3. The van der Waals surface area contributed by atoms with E-state index in [1.807, 2.05) is 12.4 Å². The van der Waals surface area contributed by atoms with E-state index in [9.17, 15) is 4.79 Å². The van der Waals surface area contributed by atoms with Crippen LogP contribution in [0.15, 0.2) is 29.8 Å². The van der Waals surface area contributed by atoms with Crippen molar-refractivity contribution in [3.05, 3.63) is 41.0 Å². The lowest BCUT2D eigenvalue weighted by Gasteiger charge is -2.11. The van der Waals surface area contributed by atoms with E-state index in [0.717, 1.165) is 5.69 Å². The number of thiazole rings is 1. The average molecular weight is 274 g/mol. The lowest BCUT2D eigenvalue weighted by atomic mass is 9.96. The number of aryl methyl sites for hydroxylation is 1. The lowest BCUT2D eigenvalue weighted by molar-refractivity contribution is -0.120. The molecule has 0 saturated heterocycles. The Kier molecular flexibility index (Phi) is 4.32. The number of hydrogen-bond acceptors (Lipinski definition) is 3. The average Bonchev–Trinajstić information content (AvgIpc) is 2.85. The fourth-order valence-corrected chi connectivity index (χ4v) is 2.85. The fourth-order valence-electron chi connectivity index (χ4n) is 2.04. The van der Waals surface area contributed by atoms with Gasteiger partial charge in [0, 0.05) is 13.5 Å². The van der Waals surface area contributed by atoms with Crippen LogP contribution in [-0.4, -0.2) is 17.9 Å². The van der Waals surface area contributed by atoms with Crippen LogP contribution in [0.4, 0.5) is 0 Å². The van der Waals surface area contributed by atoms with Gasteiger partial charge in [-0.1, -0.05) is 31.2 Å². The first kappa shape index (κ1) is 13.7. The molecule has 0 spiro atoms. The quantitative estimate of drug-likeness (QED) is 0.929. The molecule has 0 fully saturated rings. The number of amides is 1. The van der Waals surface area contributed by atoms with E-state index in [1.54, 1.807) is 18.4 Å². The number of aromatic nitrogens is 1. The Hall–Kier alpha value is -1.68. The van der Waals surface area contributed by atoms with E-state index < -0.39 is 0 Å². The van der Waals surface area contributed by atoms with Crippen LogP contribution in [0.5, 0.6) is 0 Å². The zero-order chi connectivity index (χ0) is 13.8. The topological polar surface area (TPSA) is 42.0 Å². The van der Waals surface area contributed by atoms with Gasteiger partial charge in [-0.15, -0.1) is 11.3 Å². The minimum Gasteiger partial charge on any atom is -0.359 e. The van der Waals surface area contributed by atoms with E-state index in [0.29, 0.717) is 6.42 Å². The second-order valence-electron chi connectivity index (χ2n) is 4.67. The van der Waals surface area contributed by atoms with Crippen LogP contribution in [0, 0.1) is 6.92 Å². The van der Waals surface area contributed by atoms with Gasteiger partial charge in [0.25, 0.3) is 0 Å². The van der Waals surface area contributed by atoms with Gasteiger partial charge in [-0.2, -0.15) is 0 Å². The molecule has 100 valence electrons. The highest BCUT2D eigenvalue weighted by atomic mass is 32.1. The molecule has 3 nitrogen and oxygen atoms in total. The largest absolute Gasteiger partial charge is 0.359 e. The summed E-state index contributed by atoms with van der Waals surface area (Å²) in [6, 6.07) is 8.41. The minimum atomic E-state index is 0.0786. The molecule has 0 aliphatic heterocycles. The summed E-state index contributed by atoms with van der Waals surface area (Å²) in [5.74, 6) is 0.312. The summed E-state index contributed by atoms with van der Waals surface area (Å²) in [4.78, 5) is 16.9. The van der Waals surface area contributed by atoms with E-state index >= 15 is 0 Å². The molecule has 0 radical (unpaired) electrons. The van der Waals surface area contributed by atoms with E-state index in [1.165, 1.54) is 16.0 Å². The predicted molar refractivity (Wildman–Crippen MR) is 79.4 cm³/mol. The van der Waals surface area contributed by atoms with Crippen molar-refractivity contribution in [3.63, 3.8) is 0 Å². The van der Waals surface area contributed by atoms with E-state index in [4.69, 9.17) is 0 Å². The summed E-state index contributed by atoms with van der Waals surface area (Å²) in [6.07, 6.45) is 0.523. The van der Waals surface area contributed by atoms with Crippen LogP contribution in [0.1, 0.15) is 30.5 Å². The van der Waals surface area contributed by atoms with Crippen molar-refractivity contribution in [3.8, 4) is 10.4 Å². The molecule has 4 heteroatoms. The van der Waals surface area contributed by atoms with Crippen LogP contribution in [0.2, 0.25) is 0 Å². The molecule has 0 unspecified atom stereocenters. The first-order chi connectivity index (χ1) is 9.11. The Morgan fingerprint density at radius 2 is 2.05 bits per heavy atom. The number of nitrogens with one attached hydrogen (secondary N) is 1. The Morgan fingerprint density at radius 1 is 1.37 bits per heavy atom. The molecule has 1 heterocycles. The fraction of sp³-hybridized carbons (Fsp3) is 0.333. The van der Waals surface area contributed by atoms with Gasteiger partial charge in [0.15, 0.2) is 0 Å².